The van der Waals surface area contributed by atoms with E-state index in [1.807, 2.05) is 0 Å². The molecule has 0 saturated heterocycles. The number of anilines is 3. The molecular formula is C20H18F3N5O3. The Labute approximate surface area is 175 Å². The topological polar surface area (TPSA) is 97.4 Å². The molecule has 0 bridgehead atoms. The first kappa shape index (κ1) is 21.7. The van der Waals surface area contributed by atoms with Gasteiger partial charge < -0.3 is 25.4 Å². The molecule has 2 aromatic carbocycles. The van der Waals surface area contributed by atoms with Gasteiger partial charge in [0.25, 0.3) is 0 Å². The molecule has 11 heteroatoms. The van der Waals surface area contributed by atoms with Crippen molar-refractivity contribution in [3.63, 3.8) is 0 Å². The third-order valence-corrected chi connectivity index (χ3v) is 3.95. The molecule has 31 heavy (non-hydrogen) atoms. The minimum absolute atomic E-state index is 0.0327. The Balaban J connectivity index is 1.63. The smallest absolute Gasteiger partial charge is 0.420 e. The molecule has 2 amide bonds. The third-order valence-electron chi connectivity index (χ3n) is 3.95. The monoisotopic (exact) mass is 433 g/mol. The predicted octanol–water partition coefficient (Wildman–Crippen LogP) is 4.98. The number of urea groups is 1. The van der Waals surface area contributed by atoms with E-state index in [9.17, 15) is 18.0 Å². The van der Waals surface area contributed by atoms with Crippen LogP contribution in [0.25, 0.3) is 0 Å². The van der Waals surface area contributed by atoms with E-state index < -0.39 is 17.8 Å². The quantitative estimate of drug-likeness (QED) is 0.507. The lowest BCUT2D eigenvalue weighted by Gasteiger charge is -2.14. The van der Waals surface area contributed by atoms with Gasteiger partial charge in [0.05, 0.1) is 12.7 Å². The number of ether oxygens (including phenoxy) is 2. The number of carbonyl (C=O) groups excluding carboxylic acids is 1. The molecule has 0 unspecified atom stereocenters. The average molecular weight is 433 g/mol. The lowest BCUT2D eigenvalue weighted by atomic mass is 10.1. The van der Waals surface area contributed by atoms with Gasteiger partial charge in [0.1, 0.15) is 11.5 Å². The number of carbonyl (C=O) groups is 1. The van der Waals surface area contributed by atoms with Crippen LogP contribution < -0.4 is 25.4 Å². The first-order valence-electron chi connectivity index (χ1n) is 8.90. The molecule has 162 valence electrons. The van der Waals surface area contributed by atoms with Crippen LogP contribution in [0.4, 0.5) is 35.3 Å². The normalized spacial score (nSPS) is 10.9. The fourth-order valence-electron chi connectivity index (χ4n) is 2.55. The summed E-state index contributed by atoms with van der Waals surface area (Å²) in [5, 5.41) is 7.69. The first-order chi connectivity index (χ1) is 14.8. The second kappa shape index (κ2) is 9.20. The van der Waals surface area contributed by atoms with Crippen molar-refractivity contribution in [1.82, 2.24) is 9.97 Å². The van der Waals surface area contributed by atoms with Crippen molar-refractivity contribution in [2.24, 2.45) is 0 Å². The molecule has 0 saturated carbocycles. The van der Waals surface area contributed by atoms with E-state index in [1.165, 1.54) is 12.3 Å². The fraction of sp³-hybridized carbons (Fsp3) is 0.150. The van der Waals surface area contributed by atoms with E-state index in [0.29, 0.717) is 23.3 Å². The molecule has 0 radical (unpaired) electrons. The highest BCUT2D eigenvalue weighted by molar-refractivity contribution is 5.99. The van der Waals surface area contributed by atoms with Crippen LogP contribution >= 0.6 is 0 Å². The van der Waals surface area contributed by atoms with Crippen molar-refractivity contribution < 1.29 is 27.4 Å². The maximum Gasteiger partial charge on any atom is 0.420 e. The van der Waals surface area contributed by atoms with E-state index in [4.69, 9.17) is 9.47 Å². The van der Waals surface area contributed by atoms with Crippen LogP contribution in [0, 0.1) is 0 Å². The number of nitrogens with one attached hydrogen (secondary N) is 3. The van der Waals surface area contributed by atoms with Gasteiger partial charge in [-0.2, -0.15) is 18.2 Å². The van der Waals surface area contributed by atoms with Crippen molar-refractivity contribution in [2.75, 3.05) is 30.1 Å². The minimum atomic E-state index is -4.62. The summed E-state index contributed by atoms with van der Waals surface area (Å²) in [4.78, 5) is 20.3. The van der Waals surface area contributed by atoms with Gasteiger partial charge in [-0.3, -0.25) is 0 Å². The van der Waals surface area contributed by atoms with Gasteiger partial charge in [-0.25, -0.2) is 9.78 Å². The van der Waals surface area contributed by atoms with Gasteiger partial charge in [0.2, 0.25) is 11.8 Å². The summed E-state index contributed by atoms with van der Waals surface area (Å²) < 4.78 is 49.6. The zero-order valence-corrected chi connectivity index (χ0v) is 16.4. The summed E-state index contributed by atoms with van der Waals surface area (Å²) in [5.41, 5.74) is -0.608. The van der Waals surface area contributed by atoms with Crippen molar-refractivity contribution in [3.8, 4) is 17.4 Å². The Hall–Kier alpha value is -4.02. The molecule has 3 aromatic rings. The minimum Gasteiger partial charge on any atom is -0.496 e. The summed E-state index contributed by atoms with van der Waals surface area (Å²) >= 11 is 0. The number of hydrogen-bond acceptors (Lipinski definition) is 6. The van der Waals surface area contributed by atoms with E-state index in [2.05, 4.69) is 25.9 Å². The molecule has 8 nitrogen and oxygen atoms in total. The molecule has 0 aliphatic carbocycles. The van der Waals surface area contributed by atoms with Crippen LogP contribution in [-0.2, 0) is 6.18 Å². The van der Waals surface area contributed by atoms with E-state index in [1.54, 1.807) is 37.4 Å². The largest absolute Gasteiger partial charge is 0.496 e. The number of aromatic nitrogens is 2. The highest BCUT2D eigenvalue weighted by Crippen LogP contribution is 2.37. The van der Waals surface area contributed by atoms with Crippen LogP contribution in [-0.4, -0.2) is 30.2 Å². The van der Waals surface area contributed by atoms with Crippen molar-refractivity contribution in [1.29, 1.82) is 0 Å². The number of hydrogen-bond donors (Lipinski definition) is 3. The summed E-state index contributed by atoms with van der Waals surface area (Å²) in [6.07, 6.45) is -3.08. The maximum absolute atomic E-state index is 13.1. The molecule has 0 spiro atoms. The average Bonchev–Trinajstić information content (AvgIpc) is 2.74. The van der Waals surface area contributed by atoms with Crippen LogP contribution in [0.1, 0.15) is 5.56 Å². The van der Waals surface area contributed by atoms with Crippen molar-refractivity contribution in [3.05, 3.63) is 60.3 Å². The highest BCUT2D eigenvalue weighted by Gasteiger charge is 2.34. The number of rotatable bonds is 6. The third kappa shape index (κ3) is 5.75. The Kier molecular flexibility index (Phi) is 6.43. The maximum atomic E-state index is 13.1. The van der Waals surface area contributed by atoms with Crippen LogP contribution in [0.15, 0.2) is 54.7 Å². The second-order valence-electron chi connectivity index (χ2n) is 6.09. The van der Waals surface area contributed by atoms with E-state index >= 15 is 0 Å². The number of amides is 2. The number of benzene rings is 2. The van der Waals surface area contributed by atoms with Gasteiger partial charge in [0.15, 0.2) is 0 Å². The number of halogens is 3. The molecule has 0 aliphatic heterocycles. The van der Waals surface area contributed by atoms with E-state index in [-0.39, 0.29) is 11.4 Å². The van der Waals surface area contributed by atoms with Gasteiger partial charge in [-0.1, -0.05) is 0 Å². The summed E-state index contributed by atoms with van der Waals surface area (Å²) in [5.74, 6) is 0.869. The standard InChI is InChI=1S/C20H18F3N5O3/c1-24-18-25-10-9-17(28-18)31-14-6-3-12(4-7-14)26-19(29)27-13-5-8-16(30-2)15(11-13)20(21,22)23/h3-11H,1-2H3,(H,24,25,28)(H2,26,27,29). The number of alkyl halides is 3. The summed E-state index contributed by atoms with van der Waals surface area (Å²) in [7, 11) is 2.82. The molecule has 1 aromatic heterocycles. The molecule has 0 aliphatic rings. The van der Waals surface area contributed by atoms with Crippen molar-refractivity contribution >= 4 is 23.4 Å². The SMILES string of the molecule is CNc1nccc(Oc2ccc(NC(=O)Nc3ccc(OC)c(C(F)(F)F)c3)cc2)n1. The Morgan fingerprint density at radius 2 is 1.68 bits per heavy atom. The zero-order valence-electron chi connectivity index (χ0n) is 16.4. The fourth-order valence-corrected chi connectivity index (χ4v) is 2.55. The van der Waals surface area contributed by atoms with Gasteiger partial charge in [-0.05, 0) is 42.5 Å². The summed E-state index contributed by atoms with van der Waals surface area (Å²) in [6.45, 7) is 0. The summed E-state index contributed by atoms with van der Waals surface area (Å²) in [6, 6.07) is 10.5. The highest BCUT2D eigenvalue weighted by atomic mass is 19.4. The zero-order chi connectivity index (χ0) is 22.4. The first-order valence-corrected chi connectivity index (χ1v) is 8.90. The van der Waals surface area contributed by atoms with Crippen LogP contribution in [0.2, 0.25) is 0 Å². The lowest BCUT2D eigenvalue weighted by Crippen LogP contribution is -2.20. The molecular weight excluding hydrogens is 415 g/mol. The van der Waals surface area contributed by atoms with Crippen LogP contribution in [0.5, 0.6) is 17.4 Å². The van der Waals surface area contributed by atoms with Gasteiger partial charge in [-0.15, -0.1) is 0 Å². The van der Waals surface area contributed by atoms with Gasteiger partial charge in [0, 0.05) is 30.7 Å². The number of nitrogens with zero attached hydrogens (tertiary/aromatic N) is 2. The second-order valence-corrected chi connectivity index (χ2v) is 6.09. The Morgan fingerprint density at radius 1 is 1.00 bits per heavy atom. The Bertz CT molecular complexity index is 1060. The Morgan fingerprint density at radius 3 is 2.32 bits per heavy atom. The molecule has 3 rings (SSSR count). The lowest BCUT2D eigenvalue weighted by molar-refractivity contribution is -0.138. The molecule has 0 fully saturated rings. The van der Waals surface area contributed by atoms with E-state index in [0.717, 1.165) is 19.2 Å². The predicted molar refractivity (Wildman–Crippen MR) is 109 cm³/mol. The molecule has 1 heterocycles. The molecule has 0 atom stereocenters. The van der Waals surface area contributed by atoms with Crippen LogP contribution in [0.3, 0.4) is 0 Å². The molecule has 3 N–H and O–H groups in total. The number of methoxy groups -OCH3 is 1. The van der Waals surface area contributed by atoms with Crippen molar-refractivity contribution in [2.45, 2.75) is 6.18 Å². The van der Waals surface area contributed by atoms with Gasteiger partial charge >= 0.3 is 12.2 Å².